The maximum Gasteiger partial charge on any atom is 0.224 e. The Bertz CT molecular complexity index is 855. The number of hydrogen-bond donors (Lipinski definition) is 1. The number of para-hydroxylation sites is 1. The Balaban J connectivity index is 1.75. The minimum Gasteiger partial charge on any atom is -0.490 e. The van der Waals surface area contributed by atoms with Gasteiger partial charge in [0, 0.05) is 5.39 Å². The standard InChI is InChI=1S/C17H21NO5S/c1-3-22-14-6-4-5-12-9-15(23-16(12)14)11(2)18-17(19)13-7-8-24(20,21)10-13/h4-6,9,11,13H,3,7-8,10H2,1-2H3,(H,18,19). The molecule has 6 nitrogen and oxygen atoms in total. The molecule has 24 heavy (non-hydrogen) atoms. The van der Waals surface area contributed by atoms with Crippen LogP contribution in [-0.2, 0) is 14.6 Å². The topological polar surface area (TPSA) is 85.6 Å². The smallest absolute Gasteiger partial charge is 0.224 e. The van der Waals surface area contributed by atoms with E-state index in [1.807, 2.05) is 38.1 Å². The van der Waals surface area contributed by atoms with E-state index >= 15 is 0 Å². The van der Waals surface area contributed by atoms with Crippen LogP contribution in [0.3, 0.4) is 0 Å². The number of ether oxygens (including phenoxy) is 1. The van der Waals surface area contributed by atoms with Crippen molar-refractivity contribution in [3.05, 3.63) is 30.0 Å². The normalized spacial score (nSPS) is 20.8. The van der Waals surface area contributed by atoms with E-state index in [-0.39, 0.29) is 23.5 Å². The van der Waals surface area contributed by atoms with Gasteiger partial charge in [-0.3, -0.25) is 4.79 Å². The predicted octanol–water partition coefficient (Wildman–Crippen LogP) is 2.44. The van der Waals surface area contributed by atoms with Gasteiger partial charge >= 0.3 is 0 Å². The van der Waals surface area contributed by atoms with Gasteiger partial charge in [-0.25, -0.2) is 8.42 Å². The number of amides is 1. The summed E-state index contributed by atoms with van der Waals surface area (Å²) < 4.78 is 34.4. The molecule has 3 rings (SSSR count). The Morgan fingerprint density at radius 2 is 2.25 bits per heavy atom. The fourth-order valence-electron chi connectivity index (χ4n) is 2.94. The second kappa shape index (κ2) is 6.47. The van der Waals surface area contributed by atoms with Crippen LogP contribution in [0, 0.1) is 5.92 Å². The third kappa shape index (κ3) is 3.40. The van der Waals surface area contributed by atoms with Crippen LogP contribution in [0.2, 0.25) is 0 Å². The summed E-state index contributed by atoms with van der Waals surface area (Å²) in [4.78, 5) is 12.3. The van der Waals surface area contributed by atoms with Gasteiger partial charge in [-0.1, -0.05) is 12.1 Å². The molecular formula is C17H21NO5S. The Morgan fingerprint density at radius 1 is 1.46 bits per heavy atom. The number of fused-ring (bicyclic) bond motifs is 1. The number of carbonyl (C=O) groups is 1. The summed E-state index contributed by atoms with van der Waals surface area (Å²) in [5, 5.41) is 3.75. The highest BCUT2D eigenvalue weighted by Crippen LogP contribution is 2.31. The van der Waals surface area contributed by atoms with Crippen molar-refractivity contribution in [1.29, 1.82) is 0 Å². The highest BCUT2D eigenvalue weighted by Gasteiger charge is 2.33. The Hall–Kier alpha value is -2.02. The maximum absolute atomic E-state index is 12.3. The average molecular weight is 351 g/mol. The molecule has 2 heterocycles. The minimum atomic E-state index is -3.07. The number of furan rings is 1. The minimum absolute atomic E-state index is 0.0693. The van der Waals surface area contributed by atoms with Crippen molar-refractivity contribution < 1.29 is 22.4 Å². The molecular weight excluding hydrogens is 330 g/mol. The van der Waals surface area contributed by atoms with Gasteiger partial charge in [-0.05, 0) is 32.4 Å². The van der Waals surface area contributed by atoms with E-state index in [9.17, 15) is 13.2 Å². The van der Waals surface area contributed by atoms with Crippen molar-refractivity contribution in [2.45, 2.75) is 26.3 Å². The zero-order chi connectivity index (χ0) is 17.3. The highest BCUT2D eigenvalue weighted by molar-refractivity contribution is 7.91. The lowest BCUT2D eigenvalue weighted by molar-refractivity contribution is -0.125. The first kappa shape index (κ1) is 16.8. The van der Waals surface area contributed by atoms with E-state index in [4.69, 9.17) is 9.15 Å². The summed E-state index contributed by atoms with van der Waals surface area (Å²) in [7, 11) is -3.07. The highest BCUT2D eigenvalue weighted by atomic mass is 32.2. The summed E-state index contributed by atoms with van der Waals surface area (Å²) in [6, 6.07) is 7.17. The summed E-state index contributed by atoms with van der Waals surface area (Å²) in [6.07, 6.45) is 0.384. The molecule has 1 amide bonds. The van der Waals surface area contributed by atoms with Gasteiger partial charge in [0.2, 0.25) is 5.91 Å². The van der Waals surface area contributed by atoms with E-state index in [0.717, 1.165) is 5.39 Å². The molecule has 1 aromatic heterocycles. The van der Waals surface area contributed by atoms with Gasteiger partial charge in [-0.2, -0.15) is 0 Å². The second-order valence-corrected chi connectivity index (χ2v) is 8.32. The Morgan fingerprint density at radius 3 is 2.92 bits per heavy atom. The van der Waals surface area contributed by atoms with E-state index in [0.29, 0.717) is 30.1 Å². The Labute approximate surface area is 141 Å². The lowest BCUT2D eigenvalue weighted by Gasteiger charge is -2.14. The summed E-state index contributed by atoms with van der Waals surface area (Å²) in [5.74, 6) is 0.588. The Kier molecular flexibility index (Phi) is 4.54. The quantitative estimate of drug-likeness (QED) is 0.894. The van der Waals surface area contributed by atoms with E-state index in [1.165, 1.54) is 0 Å². The lowest BCUT2D eigenvalue weighted by Crippen LogP contribution is -2.33. The van der Waals surface area contributed by atoms with Gasteiger partial charge in [0.15, 0.2) is 21.2 Å². The molecule has 2 aromatic rings. The van der Waals surface area contributed by atoms with Gasteiger partial charge in [-0.15, -0.1) is 0 Å². The third-order valence-electron chi connectivity index (χ3n) is 4.22. The largest absolute Gasteiger partial charge is 0.490 e. The monoisotopic (exact) mass is 351 g/mol. The maximum atomic E-state index is 12.3. The van der Waals surface area contributed by atoms with Crippen LogP contribution in [0.5, 0.6) is 5.75 Å². The third-order valence-corrected chi connectivity index (χ3v) is 5.98. The number of benzene rings is 1. The van der Waals surface area contributed by atoms with Crippen molar-refractivity contribution in [1.82, 2.24) is 5.32 Å². The molecule has 0 bridgehead atoms. The molecule has 1 aliphatic rings. The SMILES string of the molecule is CCOc1cccc2cc(C(C)NC(=O)C3CCS(=O)(=O)C3)oc12. The van der Waals surface area contributed by atoms with Crippen molar-refractivity contribution >= 4 is 26.7 Å². The van der Waals surface area contributed by atoms with E-state index < -0.39 is 15.8 Å². The molecule has 1 fully saturated rings. The first-order chi connectivity index (χ1) is 11.4. The van der Waals surface area contributed by atoms with Gasteiger partial charge in [0.05, 0.1) is 30.1 Å². The van der Waals surface area contributed by atoms with Crippen LogP contribution in [0.4, 0.5) is 0 Å². The van der Waals surface area contributed by atoms with Crippen LogP contribution < -0.4 is 10.1 Å². The van der Waals surface area contributed by atoms with Crippen LogP contribution in [0.15, 0.2) is 28.7 Å². The predicted molar refractivity (Wildman–Crippen MR) is 90.7 cm³/mol. The number of hydrogen-bond acceptors (Lipinski definition) is 5. The molecule has 2 atom stereocenters. The summed E-state index contributed by atoms with van der Waals surface area (Å²) in [6.45, 7) is 4.26. The van der Waals surface area contributed by atoms with Crippen molar-refractivity contribution in [2.75, 3.05) is 18.1 Å². The molecule has 7 heteroatoms. The van der Waals surface area contributed by atoms with Gasteiger partial charge in [0.25, 0.3) is 0 Å². The van der Waals surface area contributed by atoms with Crippen molar-refractivity contribution in [3.8, 4) is 5.75 Å². The fourth-order valence-corrected chi connectivity index (χ4v) is 4.68. The molecule has 1 aliphatic heterocycles. The molecule has 2 unspecified atom stereocenters. The molecule has 0 spiro atoms. The average Bonchev–Trinajstić information content (AvgIpc) is 3.11. The number of carbonyl (C=O) groups excluding carboxylic acids is 1. The van der Waals surface area contributed by atoms with Crippen molar-refractivity contribution in [3.63, 3.8) is 0 Å². The fraction of sp³-hybridized carbons (Fsp3) is 0.471. The number of rotatable bonds is 5. The molecule has 0 radical (unpaired) electrons. The molecule has 1 saturated heterocycles. The van der Waals surface area contributed by atoms with Gasteiger partial charge < -0.3 is 14.5 Å². The van der Waals surface area contributed by atoms with Crippen LogP contribution in [-0.4, -0.2) is 32.4 Å². The molecule has 130 valence electrons. The molecule has 0 aliphatic carbocycles. The summed E-state index contributed by atoms with van der Waals surface area (Å²) >= 11 is 0. The van der Waals surface area contributed by atoms with E-state index in [1.54, 1.807) is 0 Å². The van der Waals surface area contributed by atoms with Gasteiger partial charge in [0.1, 0.15) is 5.76 Å². The first-order valence-electron chi connectivity index (χ1n) is 8.05. The van der Waals surface area contributed by atoms with Crippen LogP contribution in [0.25, 0.3) is 11.0 Å². The lowest BCUT2D eigenvalue weighted by atomic mass is 10.1. The van der Waals surface area contributed by atoms with Crippen LogP contribution >= 0.6 is 0 Å². The number of sulfone groups is 1. The molecule has 1 N–H and O–H groups in total. The second-order valence-electron chi connectivity index (χ2n) is 6.09. The zero-order valence-electron chi connectivity index (χ0n) is 13.7. The van der Waals surface area contributed by atoms with Crippen molar-refractivity contribution in [2.24, 2.45) is 5.92 Å². The van der Waals surface area contributed by atoms with Crippen LogP contribution in [0.1, 0.15) is 32.1 Å². The molecule has 0 saturated carbocycles. The molecule has 1 aromatic carbocycles. The van der Waals surface area contributed by atoms with E-state index in [2.05, 4.69) is 5.32 Å². The number of nitrogens with one attached hydrogen (secondary N) is 1. The first-order valence-corrected chi connectivity index (χ1v) is 9.88. The zero-order valence-corrected chi connectivity index (χ0v) is 14.6. The summed E-state index contributed by atoms with van der Waals surface area (Å²) in [5.41, 5.74) is 0.652.